The molecule has 4 aromatic heterocycles. The summed E-state index contributed by atoms with van der Waals surface area (Å²) in [4.78, 5) is 13.4. The molecule has 1 atom stereocenters. The summed E-state index contributed by atoms with van der Waals surface area (Å²) in [6, 6.07) is 4.08. The van der Waals surface area contributed by atoms with Gasteiger partial charge in [-0.1, -0.05) is 5.16 Å². The Bertz CT molecular complexity index is 985. The van der Waals surface area contributed by atoms with E-state index in [1.807, 2.05) is 23.8 Å². The fourth-order valence-electron chi connectivity index (χ4n) is 3.06. The Morgan fingerprint density at radius 3 is 3.30 bits per heavy atom. The summed E-state index contributed by atoms with van der Waals surface area (Å²) in [6.45, 7) is 0.846. The second-order valence-electron chi connectivity index (χ2n) is 5.72. The molecule has 1 aliphatic rings. The molecule has 0 bridgehead atoms. The molecule has 7 heteroatoms. The van der Waals surface area contributed by atoms with E-state index < -0.39 is 0 Å². The van der Waals surface area contributed by atoms with Crippen molar-refractivity contribution in [3.05, 3.63) is 47.8 Å². The summed E-state index contributed by atoms with van der Waals surface area (Å²) in [7, 11) is 0. The summed E-state index contributed by atoms with van der Waals surface area (Å²) in [5, 5.41) is 6.19. The fraction of sp³-hybridized carbons (Fsp3) is 0.250. The highest BCUT2D eigenvalue weighted by atomic mass is 32.1. The first-order valence-corrected chi connectivity index (χ1v) is 8.42. The number of imidazole rings is 1. The van der Waals surface area contributed by atoms with Gasteiger partial charge in [0, 0.05) is 37.1 Å². The van der Waals surface area contributed by atoms with Gasteiger partial charge in [0.2, 0.25) is 11.7 Å². The van der Waals surface area contributed by atoms with Crippen LogP contribution >= 0.6 is 11.3 Å². The average molecular weight is 323 g/mol. The molecule has 23 heavy (non-hydrogen) atoms. The first-order valence-electron chi connectivity index (χ1n) is 7.54. The lowest BCUT2D eigenvalue weighted by molar-refractivity contribution is 0.316. The molecule has 5 heterocycles. The molecule has 6 nitrogen and oxygen atoms in total. The van der Waals surface area contributed by atoms with Gasteiger partial charge in [0.15, 0.2) is 0 Å². The van der Waals surface area contributed by atoms with Gasteiger partial charge in [-0.3, -0.25) is 4.98 Å². The van der Waals surface area contributed by atoms with Crippen molar-refractivity contribution >= 4 is 21.6 Å². The van der Waals surface area contributed by atoms with E-state index in [-0.39, 0.29) is 5.92 Å². The van der Waals surface area contributed by atoms with Crippen LogP contribution in [0.2, 0.25) is 0 Å². The fourth-order valence-corrected chi connectivity index (χ4v) is 3.84. The summed E-state index contributed by atoms with van der Waals surface area (Å²) in [5.74, 6) is 2.69. The van der Waals surface area contributed by atoms with Gasteiger partial charge in [-0.05, 0) is 23.9 Å². The molecule has 5 rings (SSSR count). The number of aromatic nitrogens is 5. The molecule has 0 saturated heterocycles. The van der Waals surface area contributed by atoms with Gasteiger partial charge in [0.05, 0.1) is 16.1 Å². The van der Waals surface area contributed by atoms with Crippen LogP contribution in [0, 0.1) is 0 Å². The Balaban J connectivity index is 1.46. The summed E-state index contributed by atoms with van der Waals surface area (Å²) in [5.41, 5.74) is 1.90. The molecule has 0 N–H and O–H groups in total. The molecule has 0 spiro atoms. The number of fused-ring (bicyclic) bond motifs is 2. The van der Waals surface area contributed by atoms with Crippen LogP contribution in [0.5, 0.6) is 0 Å². The second-order valence-corrected chi connectivity index (χ2v) is 6.66. The van der Waals surface area contributed by atoms with Crippen molar-refractivity contribution in [3.8, 4) is 11.4 Å². The third-order valence-electron chi connectivity index (χ3n) is 4.29. The van der Waals surface area contributed by atoms with Crippen molar-refractivity contribution in [1.29, 1.82) is 0 Å². The van der Waals surface area contributed by atoms with Crippen LogP contribution in [0.25, 0.3) is 21.6 Å². The zero-order valence-corrected chi connectivity index (χ0v) is 13.0. The van der Waals surface area contributed by atoms with E-state index in [9.17, 15) is 0 Å². The van der Waals surface area contributed by atoms with Gasteiger partial charge in [-0.15, -0.1) is 11.3 Å². The Labute approximate surface area is 135 Å². The number of thiophene rings is 1. The molecular formula is C16H13N5OS. The molecule has 4 aromatic rings. The second kappa shape index (κ2) is 4.99. The van der Waals surface area contributed by atoms with Crippen molar-refractivity contribution in [2.75, 3.05) is 0 Å². The quantitative estimate of drug-likeness (QED) is 0.566. The van der Waals surface area contributed by atoms with Crippen molar-refractivity contribution in [2.45, 2.75) is 25.3 Å². The Hall–Kier alpha value is -2.54. The van der Waals surface area contributed by atoms with Crippen LogP contribution in [-0.2, 0) is 13.0 Å². The summed E-state index contributed by atoms with van der Waals surface area (Å²) in [6.07, 6.45) is 7.59. The van der Waals surface area contributed by atoms with E-state index in [0.29, 0.717) is 11.7 Å². The molecule has 0 aliphatic carbocycles. The van der Waals surface area contributed by atoms with Crippen LogP contribution in [0.1, 0.15) is 24.1 Å². The van der Waals surface area contributed by atoms with Crippen molar-refractivity contribution in [1.82, 2.24) is 24.7 Å². The first-order chi connectivity index (χ1) is 11.4. The highest BCUT2D eigenvalue weighted by Gasteiger charge is 2.25. The number of rotatable bonds is 2. The summed E-state index contributed by atoms with van der Waals surface area (Å²) < 4.78 is 8.82. The van der Waals surface area contributed by atoms with Gasteiger partial charge in [0.1, 0.15) is 5.82 Å². The molecule has 0 radical (unpaired) electrons. The molecule has 0 aromatic carbocycles. The van der Waals surface area contributed by atoms with Crippen LogP contribution < -0.4 is 0 Å². The van der Waals surface area contributed by atoms with E-state index in [2.05, 4.69) is 30.7 Å². The van der Waals surface area contributed by atoms with E-state index in [1.165, 1.54) is 0 Å². The maximum absolute atomic E-state index is 5.52. The molecule has 1 unspecified atom stereocenters. The lowest BCUT2D eigenvalue weighted by Gasteiger charge is -2.20. The first kappa shape index (κ1) is 13.0. The zero-order chi connectivity index (χ0) is 15.2. The maximum Gasteiger partial charge on any atom is 0.231 e. The van der Waals surface area contributed by atoms with E-state index in [0.717, 1.165) is 41.0 Å². The van der Waals surface area contributed by atoms with Crippen molar-refractivity contribution in [2.24, 2.45) is 0 Å². The van der Waals surface area contributed by atoms with Crippen LogP contribution in [0.15, 0.2) is 40.6 Å². The molecule has 0 saturated carbocycles. The van der Waals surface area contributed by atoms with Crippen LogP contribution in [0.3, 0.4) is 0 Å². The predicted molar refractivity (Wildman–Crippen MR) is 86.2 cm³/mol. The number of hydrogen-bond donors (Lipinski definition) is 0. The number of pyridine rings is 1. The minimum absolute atomic E-state index is 0.247. The lowest BCUT2D eigenvalue weighted by Crippen LogP contribution is -2.18. The molecule has 1 aliphatic heterocycles. The average Bonchev–Trinajstić information content (AvgIpc) is 3.32. The monoisotopic (exact) mass is 323 g/mol. The summed E-state index contributed by atoms with van der Waals surface area (Å²) >= 11 is 1.67. The number of aryl methyl sites for hydroxylation is 1. The Morgan fingerprint density at radius 2 is 2.30 bits per heavy atom. The topological polar surface area (TPSA) is 69.6 Å². The molecular weight excluding hydrogens is 310 g/mol. The Morgan fingerprint density at radius 1 is 1.30 bits per heavy atom. The van der Waals surface area contributed by atoms with Crippen molar-refractivity contribution in [3.63, 3.8) is 0 Å². The van der Waals surface area contributed by atoms with Gasteiger partial charge in [-0.25, -0.2) is 4.98 Å². The van der Waals surface area contributed by atoms with Crippen molar-refractivity contribution < 1.29 is 4.52 Å². The molecule has 0 amide bonds. The van der Waals surface area contributed by atoms with E-state index in [1.54, 1.807) is 17.5 Å². The predicted octanol–water partition coefficient (Wildman–Crippen LogP) is 3.27. The van der Waals surface area contributed by atoms with Gasteiger partial charge in [0.25, 0.3) is 0 Å². The normalized spacial score (nSPS) is 17.5. The Kier molecular flexibility index (Phi) is 2.81. The zero-order valence-electron chi connectivity index (χ0n) is 12.2. The lowest BCUT2D eigenvalue weighted by atomic mass is 9.99. The molecule has 114 valence electrons. The van der Waals surface area contributed by atoms with Gasteiger partial charge >= 0.3 is 0 Å². The highest BCUT2D eigenvalue weighted by molar-refractivity contribution is 7.17. The number of nitrogens with zero attached hydrogens (tertiary/aromatic N) is 5. The number of hydrogen-bond acceptors (Lipinski definition) is 6. The van der Waals surface area contributed by atoms with Crippen LogP contribution in [-0.4, -0.2) is 24.7 Å². The standard InChI is InChI=1S/C16H13N5OS/c1-2-14-17-4-5-21(14)9-10(1)16-19-15(20-22-16)11-7-13-12(18-8-11)3-6-23-13/h3-8,10H,1-2,9H2. The van der Waals surface area contributed by atoms with Gasteiger partial charge < -0.3 is 9.09 Å². The van der Waals surface area contributed by atoms with Crippen LogP contribution in [0.4, 0.5) is 0 Å². The van der Waals surface area contributed by atoms with Gasteiger partial charge in [-0.2, -0.15) is 4.98 Å². The molecule has 0 fully saturated rings. The minimum atomic E-state index is 0.247. The maximum atomic E-state index is 5.52. The SMILES string of the molecule is c1cn2c(n1)CCC(c1nc(-c3cnc4ccsc4c3)no1)C2. The smallest absolute Gasteiger partial charge is 0.231 e. The minimum Gasteiger partial charge on any atom is -0.339 e. The third kappa shape index (κ3) is 2.16. The van der Waals surface area contributed by atoms with E-state index >= 15 is 0 Å². The third-order valence-corrected chi connectivity index (χ3v) is 5.14. The largest absolute Gasteiger partial charge is 0.339 e. The van der Waals surface area contributed by atoms with E-state index in [4.69, 9.17) is 4.52 Å². The highest BCUT2D eigenvalue weighted by Crippen LogP contribution is 2.29.